The van der Waals surface area contributed by atoms with Crippen LogP contribution in [-0.4, -0.2) is 6.54 Å². The number of benzene rings is 2. The van der Waals surface area contributed by atoms with Gasteiger partial charge in [-0.25, -0.2) is 4.39 Å². The molecular formula is C16H14FNS. The zero-order chi connectivity index (χ0) is 13.5. The molecule has 0 radical (unpaired) electrons. The van der Waals surface area contributed by atoms with Gasteiger partial charge in [0.05, 0.1) is 6.54 Å². The van der Waals surface area contributed by atoms with Crippen LogP contribution in [0.1, 0.15) is 11.1 Å². The standard InChI is InChI=1S/C16H14FNS/c17-15-6-8-16(9-7-15)19-12-14-4-1-3-13(11-14)5-2-10-18/h1,3-4,6-9,11H,10,12,18H2. The molecule has 3 heteroatoms. The first-order chi connectivity index (χ1) is 9.28. The first kappa shape index (κ1) is 13.7. The van der Waals surface area contributed by atoms with Crippen molar-refractivity contribution in [3.8, 4) is 11.8 Å². The Kier molecular flexibility index (Phi) is 5.02. The summed E-state index contributed by atoms with van der Waals surface area (Å²) in [5.41, 5.74) is 7.52. The molecule has 0 saturated heterocycles. The Bertz CT molecular complexity index is 596. The van der Waals surface area contributed by atoms with Crippen LogP contribution in [0, 0.1) is 17.7 Å². The minimum Gasteiger partial charge on any atom is -0.320 e. The molecule has 0 bridgehead atoms. The summed E-state index contributed by atoms with van der Waals surface area (Å²) in [5, 5.41) is 0. The van der Waals surface area contributed by atoms with Crippen LogP contribution in [-0.2, 0) is 5.75 Å². The Morgan fingerprint density at radius 2 is 1.89 bits per heavy atom. The molecule has 0 atom stereocenters. The molecule has 2 rings (SSSR count). The van der Waals surface area contributed by atoms with Gasteiger partial charge in [-0.15, -0.1) is 11.8 Å². The number of rotatable bonds is 3. The molecule has 0 heterocycles. The quantitative estimate of drug-likeness (QED) is 0.683. The lowest BCUT2D eigenvalue weighted by atomic mass is 10.1. The van der Waals surface area contributed by atoms with E-state index < -0.39 is 0 Å². The molecule has 2 N–H and O–H groups in total. The van der Waals surface area contributed by atoms with Crippen molar-refractivity contribution in [1.29, 1.82) is 0 Å². The summed E-state index contributed by atoms with van der Waals surface area (Å²) in [6, 6.07) is 14.6. The smallest absolute Gasteiger partial charge is 0.123 e. The van der Waals surface area contributed by atoms with Gasteiger partial charge >= 0.3 is 0 Å². The number of hydrogen-bond acceptors (Lipinski definition) is 2. The molecule has 0 aliphatic heterocycles. The Morgan fingerprint density at radius 1 is 1.11 bits per heavy atom. The summed E-state index contributed by atoms with van der Waals surface area (Å²) in [7, 11) is 0. The van der Waals surface area contributed by atoms with Crippen molar-refractivity contribution in [1.82, 2.24) is 0 Å². The average Bonchev–Trinajstić information content (AvgIpc) is 2.45. The zero-order valence-electron chi connectivity index (χ0n) is 10.4. The molecule has 19 heavy (non-hydrogen) atoms. The Labute approximate surface area is 117 Å². The van der Waals surface area contributed by atoms with Crippen LogP contribution >= 0.6 is 11.8 Å². The van der Waals surface area contributed by atoms with Gasteiger partial charge in [0.15, 0.2) is 0 Å². The number of nitrogens with two attached hydrogens (primary N) is 1. The highest BCUT2D eigenvalue weighted by atomic mass is 32.2. The molecule has 2 aromatic carbocycles. The largest absolute Gasteiger partial charge is 0.320 e. The van der Waals surface area contributed by atoms with Crippen LogP contribution in [0.3, 0.4) is 0 Å². The van der Waals surface area contributed by atoms with E-state index >= 15 is 0 Å². The topological polar surface area (TPSA) is 26.0 Å². The molecule has 0 aromatic heterocycles. The van der Waals surface area contributed by atoms with E-state index in [-0.39, 0.29) is 5.82 Å². The summed E-state index contributed by atoms with van der Waals surface area (Å²) >= 11 is 1.68. The van der Waals surface area contributed by atoms with Crippen molar-refractivity contribution in [2.75, 3.05) is 6.54 Å². The minimum absolute atomic E-state index is 0.205. The zero-order valence-corrected chi connectivity index (χ0v) is 11.2. The molecule has 96 valence electrons. The van der Waals surface area contributed by atoms with Gasteiger partial charge in [-0.3, -0.25) is 0 Å². The Balaban J connectivity index is 2.01. The number of hydrogen-bond donors (Lipinski definition) is 1. The van der Waals surface area contributed by atoms with Crippen LogP contribution < -0.4 is 5.73 Å². The van der Waals surface area contributed by atoms with E-state index in [1.165, 1.54) is 17.7 Å². The normalized spacial score (nSPS) is 9.79. The summed E-state index contributed by atoms with van der Waals surface area (Å²) < 4.78 is 12.8. The Hall–Kier alpha value is -1.76. The minimum atomic E-state index is -0.205. The summed E-state index contributed by atoms with van der Waals surface area (Å²) in [4.78, 5) is 1.06. The second kappa shape index (κ2) is 6.98. The average molecular weight is 271 g/mol. The molecule has 0 fully saturated rings. The highest BCUT2D eigenvalue weighted by Crippen LogP contribution is 2.23. The first-order valence-corrected chi connectivity index (χ1v) is 6.93. The lowest BCUT2D eigenvalue weighted by molar-refractivity contribution is 0.626. The molecule has 0 saturated carbocycles. The fourth-order valence-electron chi connectivity index (χ4n) is 1.59. The van der Waals surface area contributed by atoms with Gasteiger partial charge in [0.2, 0.25) is 0 Å². The van der Waals surface area contributed by atoms with E-state index in [2.05, 4.69) is 24.0 Å². The summed E-state index contributed by atoms with van der Waals surface area (Å²) in [6.45, 7) is 0.370. The fourth-order valence-corrected chi connectivity index (χ4v) is 2.43. The third kappa shape index (κ3) is 4.44. The van der Waals surface area contributed by atoms with Gasteiger partial charge in [0, 0.05) is 16.2 Å². The summed E-state index contributed by atoms with van der Waals surface area (Å²) in [6.07, 6.45) is 0. The third-order valence-electron chi connectivity index (χ3n) is 2.48. The van der Waals surface area contributed by atoms with E-state index in [1.807, 2.05) is 12.1 Å². The van der Waals surface area contributed by atoms with Crippen molar-refractivity contribution in [2.45, 2.75) is 10.6 Å². The molecule has 0 unspecified atom stereocenters. The maximum atomic E-state index is 12.8. The van der Waals surface area contributed by atoms with Crippen molar-refractivity contribution in [3.05, 3.63) is 65.5 Å². The van der Waals surface area contributed by atoms with E-state index in [9.17, 15) is 4.39 Å². The van der Waals surface area contributed by atoms with Gasteiger partial charge in [0.25, 0.3) is 0 Å². The summed E-state index contributed by atoms with van der Waals surface area (Å²) in [5.74, 6) is 6.49. The predicted octanol–water partition coefficient (Wildman–Crippen LogP) is 3.43. The maximum absolute atomic E-state index is 12.8. The van der Waals surface area contributed by atoms with Crippen LogP contribution in [0.5, 0.6) is 0 Å². The lowest BCUT2D eigenvalue weighted by Gasteiger charge is -2.02. The third-order valence-corrected chi connectivity index (χ3v) is 3.56. The lowest BCUT2D eigenvalue weighted by Crippen LogP contribution is -1.93. The van der Waals surface area contributed by atoms with Gasteiger partial charge in [-0.1, -0.05) is 24.0 Å². The van der Waals surface area contributed by atoms with Crippen LogP contribution in [0.25, 0.3) is 0 Å². The molecular weight excluding hydrogens is 257 g/mol. The van der Waals surface area contributed by atoms with Gasteiger partial charge < -0.3 is 5.73 Å². The van der Waals surface area contributed by atoms with E-state index in [0.29, 0.717) is 6.54 Å². The highest BCUT2D eigenvalue weighted by Gasteiger charge is 1.98. The monoisotopic (exact) mass is 271 g/mol. The van der Waals surface area contributed by atoms with Gasteiger partial charge in [0.1, 0.15) is 5.82 Å². The van der Waals surface area contributed by atoms with Crippen molar-refractivity contribution < 1.29 is 4.39 Å². The van der Waals surface area contributed by atoms with Gasteiger partial charge in [-0.05, 0) is 42.0 Å². The van der Waals surface area contributed by atoms with Crippen molar-refractivity contribution in [3.63, 3.8) is 0 Å². The maximum Gasteiger partial charge on any atom is 0.123 e. The van der Waals surface area contributed by atoms with Crippen molar-refractivity contribution >= 4 is 11.8 Å². The predicted molar refractivity (Wildman–Crippen MR) is 78.3 cm³/mol. The van der Waals surface area contributed by atoms with E-state index in [0.717, 1.165) is 16.2 Å². The number of halogens is 1. The van der Waals surface area contributed by atoms with Crippen LogP contribution in [0.4, 0.5) is 4.39 Å². The molecule has 0 amide bonds. The molecule has 1 nitrogen and oxygen atoms in total. The fraction of sp³-hybridized carbons (Fsp3) is 0.125. The van der Waals surface area contributed by atoms with Crippen molar-refractivity contribution in [2.24, 2.45) is 5.73 Å². The second-order valence-corrected chi connectivity index (χ2v) is 5.00. The number of thioether (sulfide) groups is 1. The highest BCUT2D eigenvalue weighted by molar-refractivity contribution is 7.98. The Morgan fingerprint density at radius 3 is 2.63 bits per heavy atom. The molecule has 0 aliphatic rings. The SMILES string of the molecule is NCC#Cc1cccc(CSc2ccc(F)cc2)c1. The van der Waals surface area contributed by atoms with E-state index in [1.54, 1.807) is 23.9 Å². The molecule has 2 aromatic rings. The van der Waals surface area contributed by atoms with Gasteiger partial charge in [-0.2, -0.15) is 0 Å². The first-order valence-electron chi connectivity index (χ1n) is 5.94. The van der Waals surface area contributed by atoms with E-state index in [4.69, 9.17) is 5.73 Å². The van der Waals surface area contributed by atoms with Crippen LogP contribution in [0.15, 0.2) is 53.4 Å². The molecule has 0 spiro atoms. The molecule has 0 aliphatic carbocycles. The second-order valence-electron chi connectivity index (χ2n) is 3.95. The van der Waals surface area contributed by atoms with Crippen LogP contribution in [0.2, 0.25) is 0 Å².